The maximum atomic E-state index is 11.8. The first-order valence-corrected chi connectivity index (χ1v) is 8.45. The summed E-state index contributed by atoms with van der Waals surface area (Å²) in [4.78, 5) is 34.4. The summed E-state index contributed by atoms with van der Waals surface area (Å²) in [5, 5.41) is 5.23. The molecule has 142 valence electrons. The van der Waals surface area contributed by atoms with Gasteiger partial charge in [0.15, 0.2) is 6.61 Å². The van der Waals surface area contributed by atoms with Crippen LogP contribution < -0.4 is 15.4 Å². The van der Waals surface area contributed by atoms with E-state index in [1.54, 1.807) is 24.3 Å². The number of amides is 2. The minimum Gasteiger partial charge on any atom is -0.493 e. The number of hydrogen-bond acceptors (Lipinski definition) is 5. The van der Waals surface area contributed by atoms with Crippen molar-refractivity contribution in [2.45, 2.75) is 20.3 Å². The third-order valence-electron chi connectivity index (χ3n) is 3.45. The fourth-order valence-corrected chi connectivity index (χ4v) is 2.14. The third-order valence-corrected chi connectivity index (χ3v) is 3.45. The molecule has 0 aliphatic carbocycles. The van der Waals surface area contributed by atoms with Crippen LogP contribution in [0.15, 0.2) is 48.5 Å². The van der Waals surface area contributed by atoms with Crippen LogP contribution in [0.4, 0.5) is 11.4 Å². The summed E-state index contributed by atoms with van der Waals surface area (Å²) in [7, 11) is 0. The Morgan fingerprint density at radius 2 is 1.48 bits per heavy atom. The number of aryl methyl sites for hydroxylation is 1. The van der Waals surface area contributed by atoms with Crippen LogP contribution in [0, 0.1) is 6.92 Å². The molecule has 0 unspecified atom stereocenters. The Hall–Kier alpha value is -3.35. The molecule has 27 heavy (non-hydrogen) atoms. The second-order valence-electron chi connectivity index (χ2n) is 5.88. The number of hydrogen-bond donors (Lipinski definition) is 2. The van der Waals surface area contributed by atoms with E-state index in [4.69, 9.17) is 9.47 Å². The van der Waals surface area contributed by atoms with E-state index in [9.17, 15) is 14.4 Å². The molecule has 0 aliphatic rings. The molecule has 0 radical (unpaired) electrons. The van der Waals surface area contributed by atoms with E-state index in [2.05, 4.69) is 10.6 Å². The van der Waals surface area contributed by atoms with E-state index in [1.807, 2.05) is 31.2 Å². The van der Waals surface area contributed by atoms with E-state index in [0.717, 1.165) is 5.56 Å². The average molecular weight is 370 g/mol. The fraction of sp³-hybridized carbons (Fsp3) is 0.250. The molecule has 0 spiro atoms. The van der Waals surface area contributed by atoms with Crippen molar-refractivity contribution < 1.29 is 23.9 Å². The van der Waals surface area contributed by atoms with Gasteiger partial charge in [0.25, 0.3) is 5.91 Å². The number of anilines is 2. The molecule has 0 atom stereocenters. The van der Waals surface area contributed by atoms with Gasteiger partial charge >= 0.3 is 5.97 Å². The Kier molecular flexibility index (Phi) is 7.37. The van der Waals surface area contributed by atoms with E-state index < -0.39 is 11.9 Å². The van der Waals surface area contributed by atoms with Crippen molar-refractivity contribution in [2.24, 2.45) is 0 Å². The SMILES string of the molecule is CC(=O)Nc1ccc(NC(=O)COC(=O)CCOc2ccc(C)cc2)cc1. The summed E-state index contributed by atoms with van der Waals surface area (Å²) in [5.41, 5.74) is 2.28. The zero-order valence-corrected chi connectivity index (χ0v) is 15.3. The lowest BCUT2D eigenvalue weighted by Crippen LogP contribution is -2.21. The van der Waals surface area contributed by atoms with Gasteiger partial charge in [0.05, 0.1) is 13.0 Å². The van der Waals surface area contributed by atoms with Gasteiger partial charge in [0, 0.05) is 18.3 Å². The molecule has 0 heterocycles. The number of carbonyl (C=O) groups is 3. The van der Waals surface area contributed by atoms with Crippen molar-refractivity contribution in [3.8, 4) is 5.75 Å². The highest BCUT2D eigenvalue weighted by atomic mass is 16.5. The smallest absolute Gasteiger partial charge is 0.309 e. The maximum absolute atomic E-state index is 11.8. The van der Waals surface area contributed by atoms with Gasteiger partial charge in [0.2, 0.25) is 5.91 Å². The summed E-state index contributed by atoms with van der Waals surface area (Å²) in [6.07, 6.45) is 0.0482. The topological polar surface area (TPSA) is 93.7 Å². The zero-order valence-electron chi connectivity index (χ0n) is 15.3. The average Bonchev–Trinajstić information content (AvgIpc) is 2.63. The monoisotopic (exact) mass is 370 g/mol. The molecule has 2 aromatic carbocycles. The second-order valence-corrected chi connectivity index (χ2v) is 5.88. The number of rotatable bonds is 8. The zero-order chi connectivity index (χ0) is 19.6. The lowest BCUT2D eigenvalue weighted by Gasteiger charge is -2.08. The molecule has 0 saturated heterocycles. The number of esters is 1. The Balaban J connectivity index is 1.66. The quantitative estimate of drug-likeness (QED) is 0.697. The number of nitrogens with one attached hydrogen (secondary N) is 2. The molecule has 0 saturated carbocycles. The first-order valence-electron chi connectivity index (χ1n) is 8.45. The molecule has 2 N–H and O–H groups in total. The molecular weight excluding hydrogens is 348 g/mol. The van der Waals surface area contributed by atoms with E-state index >= 15 is 0 Å². The highest BCUT2D eigenvalue weighted by Crippen LogP contribution is 2.13. The normalized spacial score (nSPS) is 10.0. The van der Waals surface area contributed by atoms with Crippen LogP contribution >= 0.6 is 0 Å². The van der Waals surface area contributed by atoms with Crippen LogP contribution in [-0.2, 0) is 19.1 Å². The number of carbonyl (C=O) groups excluding carboxylic acids is 3. The first-order chi connectivity index (χ1) is 12.9. The molecule has 2 rings (SSSR count). The van der Waals surface area contributed by atoms with Gasteiger partial charge in [0.1, 0.15) is 5.75 Å². The van der Waals surface area contributed by atoms with Crippen LogP contribution in [0.1, 0.15) is 18.9 Å². The highest BCUT2D eigenvalue weighted by molar-refractivity contribution is 5.93. The standard InChI is InChI=1S/C20H22N2O5/c1-14-3-9-18(10-4-14)26-12-11-20(25)27-13-19(24)22-17-7-5-16(6-8-17)21-15(2)23/h3-10H,11-13H2,1-2H3,(H,21,23)(H,22,24). The number of benzene rings is 2. The Morgan fingerprint density at radius 1 is 0.889 bits per heavy atom. The van der Waals surface area contributed by atoms with Gasteiger partial charge in [-0.05, 0) is 43.3 Å². The molecule has 2 amide bonds. The largest absolute Gasteiger partial charge is 0.493 e. The van der Waals surface area contributed by atoms with Crippen LogP contribution in [0.3, 0.4) is 0 Å². The molecule has 0 fully saturated rings. The summed E-state index contributed by atoms with van der Waals surface area (Å²) in [6, 6.07) is 14.1. The van der Waals surface area contributed by atoms with Crippen LogP contribution in [0.2, 0.25) is 0 Å². The van der Waals surface area contributed by atoms with Gasteiger partial charge < -0.3 is 20.1 Å². The molecule has 7 heteroatoms. The van der Waals surface area contributed by atoms with Crippen molar-refractivity contribution in [2.75, 3.05) is 23.8 Å². The van der Waals surface area contributed by atoms with Gasteiger partial charge in [-0.2, -0.15) is 0 Å². The molecular formula is C20H22N2O5. The molecule has 0 aliphatic heterocycles. The van der Waals surface area contributed by atoms with Gasteiger partial charge in [-0.25, -0.2) is 0 Å². The van der Waals surface area contributed by atoms with Crippen molar-refractivity contribution >= 4 is 29.2 Å². The predicted octanol–water partition coefficient (Wildman–Crippen LogP) is 2.90. The van der Waals surface area contributed by atoms with Gasteiger partial charge in [-0.15, -0.1) is 0 Å². The maximum Gasteiger partial charge on any atom is 0.309 e. The summed E-state index contributed by atoms with van der Waals surface area (Å²) >= 11 is 0. The summed E-state index contributed by atoms with van der Waals surface area (Å²) in [6.45, 7) is 3.18. The second kappa shape index (κ2) is 9.96. The summed E-state index contributed by atoms with van der Waals surface area (Å²) in [5.74, 6) is -0.466. The third kappa shape index (κ3) is 7.60. The van der Waals surface area contributed by atoms with E-state index in [-0.39, 0.29) is 25.5 Å². The highest BCUT2D eigenvalue weighted by Gasteiger charge is 2.08. The molecule has 2 aromatic rings. The van der Waals surface area contributed by atoms with E-state index in [1.165, 1.54) is 6.92 Å². The molecule has 7 nitrogen and oxygen atoms in total. The Morgan fingerprint density at radius 3 is 2.07 bits per heavy atom. The van der Waals surface area contributed by atoms with Crippen molar-refractivity contribution in [3.63, 3.8) is 0 Å². The van der Waals surface area contributed by atoms with Crippen molar-refractivity contribution in [1.82, 2.24) is 0 Å². The molecule has 0 bridgehead atoms. The lowest BCUT2D eigenvalue weighted by atomic mass is 10.2. The fourth-order valence-electron chi connectivity index (χ4n) is 2.14. The lowest BCUT2D eigenvalue weighted by molar-refractivity contribution is -0.147. The van der Waals surface area contributed by atoms with E-state index in [0.29, 0.717) is 17.1 Å². The van der Waals surface area contributed by atoms with Crippen molar-refractivity contribution in [1.29, 1.82) is 0 Å². The first kappa shape index (κ1) is 20.0. The minimum atomic E-state index is -0.515. The van der Waals surface area contributed by atoms with Gasteiger partial charge in [-0.1, -0.05) is 17.7 Å². The Labute approximate surface area is 157 Å². The Bertz CT molecular complexity index is 785. The predicted molar refractivity (Wildman–Crippen MR) is 102 cm³/mol. The van der Waals surface area contributed by atoms with Crippen LogP contribution in [-0.4, -0.2) is 31.0 Å². The van der Waals surface area contributed by atoms with Crippen molar-refractivity contribution in [3.05, 3.63) is 54.1 Å². The van der Waals surface area contributed by atoms with Crippen LogP contribution in [0.5, 0.6) is 5.75 Å². The summed E-state index contributed by atoms with van der Waals surface area (Å²) < 4.78 is 10.4. The molecule has 0 aromatic heterocycles. The van der Waals surface area contributed by atoms with Gasteiger partial charge in [-0.3, -0.25) is 14.4 Å². The van der Waals surface area contributed by atoms with Crippen LogP contribution in [0.25, 0.3) is 0 Å². The minimum absolute atomic E-state index is 0.0482. The number of ether oxygens (including phenoxy) is 2.